The van der Waals surface area contributed by atoms with Gasteiger partial charge in [0.2, 0.25) is 5.91 Å². The van der Waals surface area contributed by atoms with E-state index in [4.69, 9.17) is 5.73 Å². The molecule has 106 valence electrons. The molecule has 3 nitrogen and oxygen atoms in total. The van der Waals surface area contributed by atoms with Crippen LogP contribution in [0.3, 0.4) is 0 Å². The number of carbonyl (C=O) groups is 1. The molecule has 0 saturated heterocycles. The molecule has 1 amide bonds. The highest BCUT2D eigenvalue weighted by Crippen LogP contribution is 2.29. The van der Waals surface area contributed by atoms with E-state index in [1.54, 1.807) is 11.8 Å². The second-order valence-electron chi connectivity index (χ2n) is 4.52. The highest BCUT2D eigenvalue weighted by molar-refractivity contribution is 9.10. The molecule has 0 heterocycles. The number of hydrogen-bond donors (Lipinski definition) is 2. The third-order valence-electron chi connectivity index (χ3n) is 3.10. The van der Waals surface area contributed by atoms with E-state index in [1.165, 1.54) is 0 Å². The number of nitrogens with two attached hydrogens (primary N) is 1. The van der Waals surface area contributed by atoms with Crippen LogP contribution in [0.25, 0.3) is 10.8 Å². The van der Waals surface area contributed by atoms with Crippen LogP contribution >= 0.6 is 27.7 Å². The summed E-state index contributed by atoms with van der Waals surface area (Å²) in [4.78, 5) is 12.1. The Labute approximate surface area is 131 Å². The second kappa shape index (κ2) is 7.11. The first-order valence-corrected chi connectivity index (χ1v) is 8.55. The Kier molecular flexibility index (Phi) is 5.46. The number of benzene rings is 2. The molecule has 0 aromatic heterocycles. The number of halogens is 1. The van der Waals surface area contributed by atoms with Gasteiger partial charge >= 0.3 is 0 Å². The smallest absolute Gasteiger partial charge is 0.241 e. The van der Waals surface area contributed by atoms with Crippen molar-refractivity contribution in [1.82, 2.24) is 0 Å². The van der Waals surface area contributed by atoms with Crippen molar-refractivity contribution < 1.29 is 4.79 Å². The number of amides is 1. The van der Waals surface area contributed by atoms with Gasteiger partial charge < -0.3 is 11.1 Å². The second-order valence-corrected chi connectivity index (χ2v) is 6.36. The van der Waals surface area contributed by atoms with Crippen LogP contribution in [0.2, 0.25) is 0 Å². The summed E-state index contributed by atoms with van der Waals surface area (Å²) >= 11 is 5.21. The number of carbonyl (C=O) groups excluding carboxylic acids is 1. The summed E-state index contributed by atoms with van der Waals surface area (Å²) < 4.78 is 1.01. The van der Waals surface area contributed by atoms with Gasteiger partial charge in [0.05, 0.1) is 6.04 Å². The summed E-state index contributed by atoms with van der Waals surface area (Å²) in [6, 6.07) is 11.3. The van der Waals surface area contributed by atoms with Crippen molar-refractivity contribution in [2.75, 3.05) is 17.3 Å². The standard InChI is InChI=1S/C15H17BrN2OS/c1-20-9-8-13(17)15(19)18-14-7-6-12(16)10-4-2-3-5-11(10)14/h2-7,13H,8-9,17H2,1H3,(H,18,19)/t13-/m1/s1. The van der Waals surface area contributed by atoms with Gasteiger partial charge in [-0.15, -0.1) is 0 Å². The number of fused-ring (bicyclic) bond motifs is 1. The zero-order valence-corrected chi connectivity index (χ0v) is 13.6. The number of thioether (sulfide) groups is 1. The van der Waals surface area contributed by atoms with E-state index in [-0.39, 0.29) is 5.91 Å². The normalized spacial score (nSPS) is 12.3. The summed E-state index contributed by atoms with van der Waals surface area (Å²) in [6.45, 7) is 0. The summed E-state index contributed by atoms with van der Waals surface area (Å²) in [5, 5.41) is 5.01. The Balaban J connectivity index is 2.22. The SMILES string of the molecule is CSCC[C@@H](N)C(=O)Nc1ccc(Br)c2ccccc12. The highest BCUT2D eigenvalue weighted by atomic mass is 79.9. The Morgan fingerprint density at radius 1 is 1.30 bits per heavy atom. The van der Waals surface area contributed by atoms with Crippen LogP contribution in [-0.2, 0) is 4.79 Å². The molecule has 2 aromatic rings. The molecule has 5 heteroatoms. The highest BCUT2D eigenvalue weighted by Gasteiger charge is 2.14. The lowest BCUT2D eigenvalue weighted by Gasteiger charge is -2.14. The van der Waals surface area contributed by atoms with Gasteiger partial charge in [-0.25, -0.2) is 0 Å². The predicted octanol–water partition coefficient (Wildman–Crippen LogP) is 3.62. The monoisotopic (exact) mass is 352 g/mol. The molecule has 1 atom stereocenters. The fourth-order valence-corrected chi connectivity index (χ4v) is 2.94. The average Bonchev–Trinajstić information content (AvgIpc) is 2.47. The Bertz CT molecular complexity index is 618. The zero-order valence-electron chi connectivity index (χ0n) is 11.2. The van der Waals surface area contributed by atoms with Crippen molar-refractivity contribution in [1.29, 1.82) is 0 Å². The molecule has 0 aliphatic heterocycles. The topological polar surface area (TPSA) is 55.1 Å². The molecule has 2 rings (SSSR count). The van der Waals surface area contributed by atoms with Gasteiger partial charge in [0.25, 0.3) is 0 Å². The minimum Gasteiger partial charge on any atom is -0.324 e. The Hall–Kier alpha value is -1.04. The van der Waals surface area contributed by atoms with E-state index >= 15 is 0 Å². The van der Waals surface area contributed by atoms with Gasteiger partial charge in [-0.2, -0.15) is 11.8 Å². The summed E-state index contributed by atoms with van der Waals surface area (Å²) in [5.41, 5.74) is 6.69. The van der Waals surface area contributed by atoms with Gasteiger partial charge in [0.1, 0.15) is 0 Å². The first-order valence-electron chi connectivity index (χ1n) is 6.36. The molecule has 0 bridgehead atoms. The predicted molar refractivity (Wildman–Crippen MR) is 91.3 cm³/mol. The van der Waals surface area contributed by atoms with Crippen molar-refractivity contribution in [2.45, 2.75) is 12.5 Å². The number of hydrogen-bond acceptors (Lipinski definition) is 3. The summed E-state index contributed by atoms with van der Waals surface area (Å²) in [5.74, 6) is 0.752. The van der Waals surface area contributed by atoms with Crippen LogP contribution in [0, 0.1) is 0 Å². The molecule has 0 radical (unpaired) electrons. The first kappa shape index (κ1) is 15.4. The molecule has 0 fully saturated rings. The van der Waals surface area contributed by atoms with Crippen LogP contribution in [-0.4, -0.2) is 24.0 Å². The quantitative estimate of drug-likeness (QED) is 0.863. The van der Waals surface area contributed by atoms with Crippen LogP contribution in [0.1, 0.15) is 6.42 Å². The Morgan fingerprint density at radius 3 is 2.70 bits per heavy atom. The number of rotatable bonds is 5. The third-order valence-corrected chi connectivity index (χ3v) is 4.43. The van der Waals surface area contributed by atoms with E-state index in [0.29, 0.717) is 6.42 Å². The Morgan fingerprint density at radius 2 is 2.00 bits per heavy atom. The molecular weight excluding hydrogens is 336 g/mol. The molecule has 3 N–H and O–H groups in total. The maximum Gasteiger partial charge on any atom is 0.241 e. The lowest BCUT2D eigenvalue weighted by Crippen LogP contribution is -2.36. The molecular formula is C15H17BrN2OS. The fraction of sp³-hybridized carbons (Fsp3) is 0.267. The van der Waals surface area contributed by atoms with E-state index in [0.717, 1.165) is 26.7 Å². The lowest BCUT2D eigenvalue weighted by molar-refractivity contribution is -0.117. The van der Waals surface area contributed by atoms with Gasteiger partial charge in [-0.05, 0) is 35.9 Å². The summed E-state index contributed by atoms with van der Waals surface area (Å²) in [6.07, 6.45) is 2.69. The van der Waals surface area contributed by atoms with E-state index < -0.39 is 6.04 Å². The molecule has 0 saturated carbocycles. The minimum absolute atomic E-state index is 0.133. The van der Waals surface area contributed by atoms with Crippen LogP contribution in [0.5, 0.6) is 0 Å². The van der Waals surface area contributed by atoms with Crippen LogP contribution < -0.4 is 11.1 Å². The summed E-state index contributed by atoms with van der Waals surface area (Å²) in [7, 11) is 0. The van der Waals surface area contributed by atoms with Gasteiger partial charge in [-0.3, -0.25) is 4.79 Å². The van der Waals surface area contributed by atoms with Gasteiger partial charge in [0, 0.05) is 15.5 Å². The lowest BCUT2D eigenvalue weighted by atomic mass is 10.1. The van der Waals surface area contributed by atoms with Crippen molar-refractivity contribution in [3.63, 3.8) is 0 Å². The minimum atomic E-state index is -0.468. The number of nitrogens with one attached hydrogen (secondary N) is 1. The first-order chi connectivity index (χ1) is 9.63. The van der Waals surface area contributed by atoms with E-state index in [1.807, 2.05) is 42.7 Å². The van der Waals surface area contributed by atoms with Crippen LogP contribution in [0.4, 0.5) is 5.69 Å². The molecule has 0 unspecified atom stereocenters. The average molecular weight is 353 g/mol. The van der Waals surface area contributed by atoms with Crippen molar-refractivity contribution >= 4 is 50.1 Å². The van der Waals surface area contributed by atoms with Crippen molar-refractivity contribution in [3.05, 3.63) is 40.9 Å². The maximum absolute atomic E-state index is 12.1. The van der Waals surface area contributed by atoms with E-state index in [9.17, 15) is 4.79 Å². The van der Waals surface area contributed by atoms with Gasteiger partial charge in [-0.1, -0.05) is 40.2 Å². The molecule has 0 aliphatic rings. The van der Waals surface area contributed by atoms with E-state index in [2.05, 4.69) is 21.2 Å². The van der Waals surface area contributed by atoms with Crippen molar-refractivity contribution in [3.8, 4) is 0 Å². The van der Waals surface area contributed by atoms with Crippen LogP contribution in [0.15, 0.2) is 40.9 Å². The number of anilines is 1. The maximum atomic E-state index is 12.1. The third kappa shape index (κ3) is 3.53. The van der Waals surface area contributed by atoms with Crippen molar-refractivity contribution in [2.24, 2.45) is 5.73 Å². The molecule has 0 aliphatic carbocycles. The molecule has 2 aromatic carbocycles. The largest absolute Gasteiger partial charge is 0.324 e. The fourth-order valence-electron chi connectivity index (χ4n) is 1.97. The van der Waals surface area contributed by atoms with Gasteiger partial charge in [0.15, 0.2) is 0 Å². The molecule has 0 spiro atoms. The zero-order chi connectivity index (χ0) is 14.5. The molecule has 20 heavy (non-hydrogen) atoms.